The number of aromatic nitrogens is 2. The normalized spacial score (nSPS) is 11.1. The van der Waals surface area contributed by atoms with Gasteiger partial charge in [0.1, 0.15) is 5.69 Å². The molecule has 0 aliphatic rings. The molecular formula is C14H14N2S4. The standard InChI is InChI=1S/C14H14N2S4/c1-17-8-9-20-14-15-12(10-4-2-6-18-10)13(16-14)11-5-3-7-19-11/h2-7H,8-9H2,1H3,(H,15,16). The Hall–Kier alpha value is -0.690. The van der Waals surface area contributed by atoms with Gasteiger partial charge in [-0.2, -0.15) is 11.8 Å². The molecule has 3 aromatic rings. The van der Waals surface area contributed by atoms with E-state index >= 15 is 0 Å². The van der Waals surface area contributed by atoms with Crippen molar-refractivity contribution < 1.29 is 0 Å². The van der Waals surface area contributed by atoms with Gasteiger partial charge >= 0.3 is 0 Å². The van der Waals surface area contributed by atoms with E-state index in [4.69, 9.17) is 4.98 Å². The lowest BCUT2D eigenvalue weighted by Gasteiger charge is -1.96. The summed E-state index contributed by atoms with van der Waals surface area (Å²) in [5.74, 6) is 2.23. The van der Waals surface area contributed by atoms with Crippen LogP contribution in [0.15, 0.2) is 40.2 Å². The second-order valence-corrected chi connectivity index (χ2v) is 8.03. The largest absolute Gasteiger partial charge is 0.332 e. The number of thiophene rings is 2. The fourth-order valence-corrected chi connectivity index (χ4v) is 4.80. The SMILES string of the molecule is CSCCSc1nc(-c2cccs2)c(-c2cccs2)[nH]1. The number of nitrogens with one attached hydrogen (secondary N) is 1. The van der Waals surface area contributed by atoms with Crippen molar-refractivity contribution >= 4 is 46.2 Å². The highest BCUT2D eigenvalue weighted by Crippen LogP contribution is 2.36. The molecule has 0 radical (unpaired) electrons. The Morgan fingerprint density at radius 3 is 2.50 bits per heavy atom. The molecule has 0 aromatic carbocycles. The van der Waals surface area contributed by atoms with Crippen molar-refractivity contribution in [3.05, 3.63) is 35.0 Å². The molecule has 0 bridgehead atoms. The van der Waals surface area contributed by atoms with E-state index in [9.17, 15) is 0 Å². The van der Waals surface area contributed by atoms with E-state index in [1.165, 1.54) is 9.75 Å². The van der Waals surface area contributed by atoms with Gasteiger partial charge in [-0.15, -0.1) is 22.7 Å². The molecule has 0 aliphatic heterocycles. The maximum Gasteiger partial charge on any atom is 0.166 e. The first-order valence-electron chi connectivity index (χ1n) is 6.18. The van der Waals surface area contributed by atoms with Crippen LogP contribution < -0.4 is 0 Å². The minimum atomic E-state index is 1.02. The summed E-state index contributed by atoms with van der Waals surface area (Å²) >= 11 is 7.15. The Labute approximate surface area is 135 Å². The topological polar surface area (TPSA) is 28.7 Å². The second kappa shape index (κ2) is 6.85. The summed E-state index contributed by atoms with van der Waals surface area (Å²) in [5, 5.41) is 5.23. The van der Waals surface area contributed by atoms with Crippen molar-refractivity contribution in [2.45, 2.75) is 5.16 Å². The second-order valence-electron chi connectivity index (χ2n) is 4.06. The van der Waals surface area contributed by atoms with Crippen molar-refractivity contribution in [1.29, 1.82) is 0 Å². The number of nitrogens with zero attached hydrogens (tertiary/aromatic N) is 1. The van der Waals surface area contributed by atoms with E-state index in [0.717, 1.165) is 28.0 Å². The molecule has 3 heterocycles. The van der Waals surface area contributed by atoms with Crippen LogP contribution in [0.25, 0.3) is 21.1 Å². The molecule has 0 saturated heterocycles. The fourth-order valence-electron chi connectivity index (χ4n) is 1.83. The van der Waals surface area contributed by atoms with Crippen LogP contribution in [0.4, 0.5) is 0 Å². The molecule has 0 saturated carbocycles. The summed E-state index contributed by atoms with van der Waals surface area (Å²) < 4.78 is 0. The minimum absolute atomic E-state index is 1.02. The molecular weight excluding hydrogens is 324 g/mol. The zero-order valence-corrected chi connectivity index (χ0v) is 14.2. The number of imidazole rings is 1. The number of thioether (sulfide) groups is 2. The molecule has 0 atom stereocenters. The lowest BCUT2D eigenvalue weighted by Crippen LogP contribution is -1.83. The van der Waals surface area contributed by atoms with Crippen LogP contribution in [0.5, 0.6) is 0 Å². The molecule has 0 unspecified atom stereocenters. The summed E-state index contributed by atoms with van der Waals surface area (Å²) in [6.07, 6.45) is 2.14. The number of H-pyrrole nitrogens is 1. The minimum Gasteiger partial charge on any atom is -0.332 e. The van der Waals surface area contributed by atoms with Crippen LogP contribution >= 0.6 is 46.2 Å². The molecule has 104 valence electrons. The van der Waals surface area contributed by atoms with Gasteiger partial charge in [0.15, 0.2) is 5.16 Å². The zero-order valence-electron chi connectivity index (χ0n) is 11.0. The van der Waals surface area contributed by atoms with Gasteiger partial charge in [0.25, 0.3) is 0 Å². The third kappa shape index (κ3) is 3.14. The summed E-state index contributed by atoms with van der Waals surface area (Å²) in [7, 11) is 0. The van der Waals surface area contributed by atoms with E-state index in [0.29, 0.717) is 0 Å². The van der Waals surface area contributed by atoms with E-state index in [1.54, 1.807) is 34.4 Å². The van der Waals surface area contributed by atoms with Crippen LogP contribution in [-0.2, 0) is 0 Å². The number of aromatic amines is 1. The highest BCUT2D eigenvalue weighted by Gasteiger charge is 2.15. The van der Waals surface area contributed by atoms with E-state index in [-0.39, 0.29) is 0 Å². The Morgan fingerprint density at radius 2 is 1.85 bits per heavy atom. The van der Waals surface area contributed by atoms with Crippen molar-refractivity contribution in [2.75, 3.05) is 17.8 Å². The smallest absolute Gasteiger partial charge is 0.166 e. The average molecular weight is 339 g/mol. The summed E-state index contributed by atoms with van der Waals surface area (Å²) in [6.45, 7) is 0. The van der Waals surface area contributed by atoms with E-state index < -0.39 is 0 Å². The summed E-state index contributed by atoms with van der Waals surface area (Å²) in [4.78, 5) is 10.8. The van der Waals surface area contributed by atoms with Gasteiger partial charge in [-0.3, -0.25) is 0 Å². The maximum absolute atomic E-state index is 4.80. The van der Waals surface area contributed by atoms with Crippen molar-refractivity contribution in [3.63, 3.8) is 0 Å². The summed E-state index contributed by atoms with van der Waals surface area (Å²) in [5.41, 5.74) is 2.23. The van der Waals surface area contributed by atoms with Gasteiger partial charge in [-0.25, -0.2) is 4.98 Å². The average Bonchev–Trinajstić information content (AvgIpc) is 3.19. The maximum atomic E-state index is 4.80. The Kier molecular flexibility index (Phi) is 4.88. The molecule has 0 spiro atoms. The molecule has 0 amide bonds. The molecule has 6 heteroatoms. The first-order valence-corrected chi connectivity index (χ1v) is 10.3. The van der Waals surface area contributed by atoms with Crippen LogP contribution in [0.3, 0.4) is 0 Å². The molecule has 1 N–H and O–H groups in total. The Morgan fingerprint density at radius 1 is 1.10 bits per heavy atom. The van der Waals surface area contributed by atoms with Crippen LogP contribution in [0, 0.1) is 0 Å². The quantitative estimate of drug-likeness (QED) is 0.487. The Balaban J connectivity index is 1.94. The molecule has 0 fully saturated rings. The molecule has 20 heavy (non-hydrogen) atoms. The first kappa shape index (κ1) is 14.3. The van der Waals surface area contributed by atoms with Crippen molar-refractivity contribution in [2.24, 2.45) is 0 Å². The lowest BCUT2D eigenvalue weighted by molar-refractivity contribution is 1.06. The van der Waals surface area contributed by atoms with Crippen molar-refractivity contribution in [3.8, 4) is 21.1 Å². The third-order valence-corrected chi connectivity index (χ3v) is 6.24. The highest BCUT2D eigenvalue weighted by molar-refractivity contribution is 8.02. The predicted molar refractivity (Wildman–Crippen MR) is 94.3 cm³/mol. The van der Waals surface area contributed by atoms with E-state index in [1.807, 2.05) is 11.8 Å². The van der Waals surface area contributed by atoms with Crippen molar-refractivity contribution in [1.82, 2.24) is 9.97 Å². The van der Waals surface area contributed by atoms with Crippen LogP contribution in [-0.4, -0.2) is 27.7 Å². The number of rotatable bonds is 6. The van der Waals surface area contributed by atoms with Gasteiger partial charge < -0.3 is 4.98 Å². The van der Waals surface area contributed by atoms with Gasteiger partial charge in [-0.1, -0.05) is 23.9 Å². The monoisotopic (exact) mass is 338 g/mol. The molecule has 0 aliphatic carbocycles. The Bertz CT molecular complexity index is 589. The first-order chi connectivity index (χ1) is 9.88. The van der Waals surface area contributed by atoms with Gasteiger partial charge in [0.2, 0.25) is 0 Å². The molecule has 3 rings (SSSR count). The molecule has 3 aromatic heterocycles. The fraction of sp³-hybridized carbons (Fsp3) is 0.214. The van der Waals surface area contributed by atoms with E-state index in [2.05, 4.69) is 46.3 Å². The van der Waals surface area contributed by atoms with Gasteiger partial charge in [0.05, 0.1) is 15.4 Å². The number of hydrogen-bond acceptors (Lipinski definition) is 5. The third-order valence-electron chi connectivity index (χ3n) is 2.73. The lowest BCUT2D eigenvalue weighted by atomic mass is 10.2. The van der Waals surface area contributed by atoms with Crippen LogP contribution in [0.2, 0.25) is 0 Å². The van der Waals surface area contributed by atoms with Gasteiger partial charge in [0, 0.05) is 11.5 Å². The van der Waals surface area contributed by atoms with Crippen LogP contribution in [0.1, 0.15) is 0 Å². The van der Waals surface area contributed by atoms with Gasteiger partial charge in [-0.05, 0) is 29.1 Å². The predicted octanol–water partition coefficient (Wildman–Crippen LogP) is 5.32. The summed E-state index contributed by atoms with van der Waals surface area (Å²) in [6, 6.07) is 8.44. The zero-order chi connectivity index (χ0) is 13.8. The highest BCUT2D eigenvalue weighted by atomic mass is 32.2. The number of hydrogen-bond donors (Lipinski definition) is 1. The molecule has 2 nitrogen and oxygen atoms in total.